The molecule has 0 unspecified atom stereocenters. The smallest absolute Gasteiger partial charge is 0.410 e. The second-order valence-electron chi connectivity index (χ2n) is 3.34. The first-order valence-electron chi connectivity index (χ1n) is 5.54. The third kappa shape index (κ3) is 5.36. The highest BCUT2D eigenvalue weighted by Gasteiger charge is 2.01. The summed E-state index contributed by atoms with van der Waals surface area (Å²) >= 11 is 0. The second kappa shape index (κ2) is 7.70. The monoisotopic (exact) mass is 222 g/mol. The van der Waals surface area contributed by atoms with Crippen molar-refractivity contribution in [1.82, 2.24) is 10.6 Å². The van der Waals surface area contributed by atoms with Crippen molar-refractivity contribution >= 4 is 6.09 Å². The summed E-state index contributed by atoms with van der Waals surface area (Å²) in [5, 5.41) is 5.87. The van der Waals surface area contributed by atoms with Crippen molar-refractivity contribution in [1.29, 1.82) is 0 Å². The summed E-state index contributed by atoms with van der Waals surface area (Å²) in [5.74, 6) is 0.562. The Morgan fingerprint density at radius 2 is 2.00 bits per heavy atom. The molecule has 0 fully saturated rings. The number of carbonyl (C=O) groups excluding carboxylic acids is 1. The summed E-state index contributed by atoms with van der Waals surface area (Å²) < 4.78 is 5.05. The Balaban J connectivity index is 2.12. The van der Waals surface area contributed by atoms with E-state index in [1.165, 1.54) is 0 Å². The first-order valence-corrected chi connectivity index (χ1v) is 5.54. The predicted octanol–water partition coefficient (Wildman–Crippen LogP) is 1.77. The summed E-state index contributed by atoms with van der Waals surface area (Å²) in [6.07, 6.45) is 0.500. The van der Waals surface area contributed by atoms with Gasteiger partial charge in [0, 0.05) is 6.54 Å². The van der Waals surface area contributed by atoms with E-state index >= 15 is 0 Å². The van der Waals surface area contributed by atoms with Crippen LogP contribution in [0.3, 0.4) is 0 Å². The summed E-state index contributed by atoms with van der Waals surface area (Å²) in [7, 11) is 0. The average Bonchev–Trinajstić information content (AvgIpc) is 2.30. The highest BCUT2D eigenvalue weighted by molar-refractivity contribution is 5.70. The molecule has 4 heteroatoms. The lowest BCUT2D eigenvalue weighted by Gasteiger charge is -2.06. The van der Waals surface area contributed by atoms with Gasteiger partial charge in [-0.3, -0.25) is 0 Å². The van der Waals surface area contributed by atoms with Crippen LogP contribution in [0.25, 0.3) is 0 Å². The Bertz CT molecular complexity index is 301. The summed E-state index contributed by atoms with van der Waals surface area (Å²) in [6.45, 7) is 4.53. The third-order valence-electron chi connectivity index (χ3n) is 2.00. The molecule has 1 aromatic carbocycles. The molecule has 1 amide bonds. The van der Waals surface area contributed by atoms with Gasteiger partial charge in [0.25, 0.3) is 0 Å². The molecule has 1 aromatic rings. The van der Waals surface area contributed by atoms with Gasteiger partial charge in [0.15, 0.2) is 0 Å². The molecule has 0 atom stereocenters. The highest BCUT2D eigenvalue weighted by Crippen LogP contribution is 2.07. The van der Waals surface area contributed by atoms with Crippen LogP contribution >= 0.6 is 0 Å². The van der Waals surface area contributed by atoms with Crippen LogP contribution in [-0.2, 0) is 0 Å². The fourth-order valence-corrected chi connectivity index (χ4v) is 1.21. The van der Waals surface area contributed by atoms with Gasteiger partial charge in [-0.2, -0.15) is 0 Å². The van der Waals surface area contributed by atoms with Crippen LogP contribution in [0, 0.1) is 0 Å². The molecule has 0 saturated heterocycles. The van der Waals surface area contributed by atoms with Gasteiger partial charge in [0.1, 0.15) is 5.75 Å². The van der Waals surface area contributed by atoms with Crippen LogP contribution in [0.2, 0.25) is 0 Å². The van der Waals surface area contributed by atoms with E-state index in [9.17, 15) is 4.79 Å². The summed E-state index contributed by atoms with van der Waals surface area (Å²) in [6, 6.07) is 9.03. The zero-order valence-corrected chi connectivity index (χ0v) is 9.53. The van der Waals surface area contributed by atoms with Crippen molar-refractivity contribution in [3.05, 3.63) is 30.3 Å². The molecule has 1 rings (SSSR count). The fraction of sp³-hybridized carbons (Fsp3) is 0.417. The van der Waals surface area contributed by atoms with Gasteiger partial charge in [-0.1, -0.05) is 25.1 Å². The maximum atomic E-state index is 11.3. The third-order valence-corrected chi connectivity index (χ3v) is 2.00. The van der Waals surface area contributed by atoms with Crippen LogP contribution < -0.4 is 15.4 Å². The molecular formula is C12H18N2O2. The van der Waals surface area contributed by atoms with Gasteiger partial charge in [-0.15, -0.1) is 0 Å². The summed E-state index contributed by atoms with van der Waals surface area (Å²) in [5.41, 5.74) is 0. The zero-order valence-electron chi connectivity index (χ0n) is 9.53. The molecule has 0 saturated carbocycles. The van der Waals surface area contributed by atoms with E-state index in [2.05, 4.69) is 17.6 Å². The van der Waals surface area contributed by atoms with Gasteiger partial charge in [0.05, 0.1) is 0 Å². The Morgan fingerprint density at radius 1 is 1.25 bits per heavy atom. The molecular weight excluding hydrogens is 204 g/mol. The molecule has 2 N–H and O–H groups in total. The van der Waals surface area contributed by atoms with E-state index in [0.717, 1.165) is 19.5 Å². The maximum Gasteiger partial charge on any atom is 0.412 e. The lowest BCUT2D eigenvalue weighted by atomic mass is 10.3. The number of carbonyl (C=O) groups is 1. The van der Waals surface area contributed by atoms with E-state index in [0.29, 0.717) is 12.3 Å². The Labute approximate surface area is 96.0 Å². The minimum Gasteiger partial charge on any atom is -0.410 e. The van der Waals surface area contributed by atoms with Gasteiger partial charge in [-0.05, 0) is 31.6 Å². The van der Waals surface area contributed by atoms with Crippen LogP contribution in [0.15, 0.2) is 30.3 Å². The second-order valence-corrected chi connectivity index (χ2v) is 3.34. The van der Waals surface area contributed by atoms with E-state index in [1.807, 2.05) is 18.2 Å². The molecule has 0 radical (unpaired) electrons. The molecule has 0 aliphatic heterocycles. The van der Waals surface area contributed by atoms with E-state index in [1.54, 1.807) is 12.1 Å². The van der Waals surface area contributed by atoms with Crippen molar-refractivity contribution in [2.75, 3.05) is 19.6 Å². The number of amides is 1. The average molecular weight is 222 g/mol. The molecule has 0 aromatic heterocycles. The standard InChI is InChI=1S/C12H18N2O2/c1-2-13-9-6-10-14-12(15)16-11-7-4-3-5-8-11/h3-5,7-8,13H,2,6,9-10H2,1H3,(H,14,15). The van der Waals surface area contributed by atoms with Crippen molar-refractivity contribution in [2.24, 2.45) is 0 Å². The predicted molar refractivity (Wildman–Crippen MR) is 63.6 cm³/mol. The SMILES string of the molecule is CCNCCCNC(=O)Oc1ccccc1. The number of hydrogen-bond donors (Lipinski definition) is 2. The number of ether oxygens (including phenoxy) is 1. The minimum atomic E-state index is -0.400. The van der Waals surface area contributed by atoms with Crippen LogP contribution in [-0.4, -0.2) is 25.7 Å². The number of nitrogens with one attached hydrogen (secondary N) is 2. The van der Waals surface area contributed by atoms with Crippen LogP contribution in [0.1, 0.15) is 13.3 Å². The lowest BCUT2D eigenvalue weighted by Crippen LogP contribution is -2.29. The van der Waals surface area contributed by atoms with Gasteiger partial charge in [0.2, 0.25) is 0 Å². The van der Waals surface area contributed by atoms with Gasteiger partial charge >= 0.3 is 6.09 Å². The van der Waals surface area contributed by atoms with Gasteiger partial charge < -0.3 is 15.4 Å². The lowest BCUT2D eigenvalue weighted by molar-refractivity contribution is 0.200. The van der Waals surface area contributed by atoms with Crippen molar-refractivity contribution in [2.45, 2.75) is 13.3 Å². The van der Waals surface area contributed by atoms with Crippen molar-refractivity contribution < 1.29 is 9.53 Å². The molecule has 0 bridgehead atoms. The molecule has 16 heavy (non-hydrogen) atoms. The Kier molecular flexibility index (Phi) is 6.03. The first kappa shape index (κ1) is 12.5. The van der Waals surface area contributed by atoms with E-state index in [-0.39, 0.29) is 0 Å². The molecule has 0 heterocycles. The van der Waals surface area contributed by atoms with E-state index in [4.69, 9.17) is 4.74 Å². The summed E-state index contributed by atoms with van der Waals surface area (Å²) in [4.78, 5) is 11.3. The normalized spacial score (nSPS) is 9.81. The quantitative estimate of drug-likeness (QED) is 0.721. The highest BCUT2D eigenvalue weighted by atomic mass is 16.5. The Hall–Kier alpha value is -1.55. The molecule has 88 valence electrons. The minimum absolute atomic E-state index is 0.400. The number of rotatable bonds is 6. The maximum absolute atomic E-state index is 11.3. The van der Waals surface area contributed by atoms with Gasteiger partial charge in [-0.25, -0.2) is 4.79 Å². The van der Waals surface area contributed by atoms with E-state index < -0.39 is 6.09 Å². The number of para-hydroxylation sites is 1. The molecule has 0 aliphatic carbocycles. The number of hydrogen-bond acceptors (Lipinski definition) is 3. The topological polar surface area (TPSA) is 50.4 Å². The van der Waals surface area contributed by atoms with Crippen LogP contribution in [0.5, 0.6) is 5.75 Å². The van der Waals surface area contributed by atoms with Crippen molar-refractivity contribution in [3.63, 3.8) is 0 Å². The number of benzene rings is 1. The molecule has 0 aliphatic rings. The zero-order chi connectivity index (χ0) is 11.6. The van der Waals surface area contributed by atoms with Crippen LogP contribution in [0.4, 0.5) is 4.79 Å². The van der Waals surface area contributed by atoms with Crippen molar-refractivity contribution in [3.8, 4) is 5.75 Å². The largest absolute Gasteiger partial charge is 0.412 e. The first-order chi connectivity index (χ1) is 7.83. The molecule has 4 nitrogen and oxygen atoms in total. The Morgan fingerprint density at radius 3 is 2.69 bits per heavy atom. The molecule has 0 spiro atoms. The fourth-order valence-electron chi connectivity index (χ4n) is 1.21.